The smallest absolute Gasteiger partial charge is 0.230 e. The van der Waals surface area contributed by atoms with Crippen LogP contribution < -0.4 is 5.43 Å². The number of rotatable bonds is 0. The molecule has 4 nitrogen and oxygen atoms in total. The average Bonchev–Trinajstić information content (AvgIpc) is 2.47. The lowest BCUT2D eigenvalue weighted by molar-refractivity contribution is 0.0910. The number of ketones is 1. The molecule has 2 heterocycles. The maximum atomic E-state index is 12.9. The second-order valence-electron chi connectivity index (χ2n) is 7.64. The van der Waals surface area contributed by atoms with Crippen molar-refractivity contribution >= 4 is 27.9 Å². The van der Waals surface area contributed by atoms with Gasteiger partial charge in [-0.25, -0.2) is 4.98 Å². The third-order valence-electron chi connectivity index (χ3n) is 4.94. The molecule has 0 saturated heterocycles. The molecule has 0 radical (unpaired) electrons. The molecule has 0 fully saturated rings. The van der Waals surface area contributed by atoms with E-state index in [1.165, 1.54) is 0 Å². The largest absolute Gasteiger partial charge is 0.437 e. The number of aryl methyl sites for hydroxylation is 2. The fraction of sp³-hybridized carbons (Fsp3) is 0.350. The lowest BCUT2D eigenvalue weighted by atomic mass is 9.75. The van der Waals surface area contributed by atoms with Crippen LogP contribution in [0.3, 0.4) is 0 Å². The number of pyridine rings is 1. The van der Waals surface area contributed by atoms with Gasteiger partial charge < -0.3 is 4.42 Å². The molecule has 0 saturated carbocycles. The monoisotopic (exact) mass is 321 g/mol. The number of carbonyl (C=O) groups is 1. The first-order chi connectivity index (χ1) is 11.2. The Morgan fingerprint density at radius 3 is 2.46 bits per heavy atom. The molecule has 0 spiro atoms. The summed E-state index contributed by atoms with van der Waals surface area (Å²) in [6.07, 6.45) is 1.18. The fourth-order valence-corrected chi connectivity index (χ4v) is 3.50. The summed E-state index contributed by atoms with van der Waals surface area (Å²) in [6, 6.07) is 5.40. The van der Waals surface area contributed by atoms with Crippen molar-refractivity contribution in [3.8, 4) is 0 Å². The van der Waals surface area contributed by atoms with E-state index in [1.54, 1.807) is 6.07 Å². The van der Waals surface area contributed by atoms with Gasteiger partial charge in [-0.15, -0.1) is 0 Å². The predicted molar refractivity (Wildman–Crippen MR) is 93.7 cm³/mol. The number of Topliss-reactive ketones (excluding diaryl/α,β-unsaturated/α-hetero) is 1. The van der Waals surface area contributed by atoms with E-state index in [-0.39, 0.29) is 16.6 Å². The van der Waals surface area contributed by atoms with Crippen molar-refractivity contribution in [2.75, 3.05) is 0 Å². The zero-order valence-electron chi connectivity index (χ0n) is 14.3. The molecule has 0 N–H and O–H groups in total. The van der Waals surface area contributed by atoms with Crippen molar-refractivity contribution in [3.05, 3.63) is 50.8 Å². The van der Waals surface area contributed by atoms with Crippen molar-refractivity contribution in [1.82, 2.24) is 4.98 Å². The van der Waals surface area contributed by atoms with E-state index in [0.29, 0.717) is 40.5 Å². The Balaban J connectivity index is 2.08. The standard InChI is InChI=1S/C20H19NO3/c1-10-5-13-17(6-11(10)2)24-19-14(18(13)23)7-12-15(21-19)8-20(3,4)9-16(12)22/h5-7H,8-9H2,1-4H3. The second-order valence-corrected chi connectivity index (χ2v) is 7.64. The normalized spacial score (nSPS) is 16.6. The lowest BCUT2D eigenvalue weighted by Crippen LogP contribution is -2.28. The second kappa shape index (κ2) is 4.76. The fourth-order valence-electron chi connectivity index (χ4n) is 3.50. The highest BCUT2D eigenvalue weighted by atomic mass is 16.3. The topological polar surface area (TPSA) is 60.2 Å². The van der Waals surface area contributed by atoms with E-state index in [9.17, 15) is 9.59 Å². The molecule has 2 aromatic heterocycles. The molecular weight excluding hydrogens is 302 g/mol. The van der Waals surface area contributed by atoms with Crippen LogP contribution in [0.2, 0.25) is 0 Å². The van der Waals surface area contributed by atoms with E-state index in [2.05, 4.69) is 18.8 Å². The molecule has 0 aliphatic heterocycles. The van der Waals surface area contributed by atoms with Crippen molar-refractivity contribution in [2.24, 2.45) is 5.41 Å². The Labute approximate surface area is 139 Å². The molecule has 24 heavy (non-hydrogen) atoms. The Morgan fingerprint density at radius 2 is 1.71 bits per heavy atom. The molecular formula is C20H19NO3. The van der Waals surface area contributed by atoms with Gasteiger partial charge in [-0.1, -0.05) is 13.8 Å². The average molecular weight is 321 g/mol. The van der Waals surface area contributed by atoms with Gasteiger partial charge in [-0.05, 0) is 55.0 Å². The van der Waals surface area contributed by atoms with Gasteiger partial charge in [0.15, 0.2) is 5.78 Å². The molecule has 4 heteroatoms. The van der Waals surface area contributed by atoms with Crippen molar-refractivity contribution < 1.29 is 9.21 Å². The first-order valence-corrected chi connectivity index (χ1v) is 8.16. The van der Waals surface area contributed by atoms with Gasteiger partial charge in [0.2, 0.25) is 11.1 Å². The van der Waals surface area contributed by atoms with Crippen LogP contribution in [0.4, 0.5) is 0 Å². The highest BCUT2D eigenvalue weighted by molar-refractivity contribution is 6.02. The Morgan fingerprint density at radius 1 is 1.00 bits per heavy atom. The summed E-state index contributed by atoms with van der Waals surface area (Å²) in [7, 11) is 0. The lowest BCUT2D eigenvalue weighted by Gasteiger charge is -2.29. The van der Waals surface area contributed by atoms with E-state index < -0.39 is 0 Å². The highest BCUT2D eigenvalue weighted by Gasteiger charge is 2.32. The van der Waals surface area contributed by atoms with Crippen LogP contribution >= 0.6 is 0 Å². The van der Waals surface area contributed by atoms with Crippen LogP contribution in [-0.2, 0) is 6.42 Å². The summed E-state index contributed by atoms with van der Waals surface area (Å²) in [5.74, 6) is 0.0511. The van der Waals surface area contributed by atoms with Crippen LogP contribution in [-0.4, -0.2) is 10.8 Å². The van der Waals surface area contributed by atoms with Gasteiger partial charge >= 0.3 is 0 Å². The predicted octanol–water partition coefficient (Wildman–Crippen LogP) is 4.11. The maximum Gasteiger partial charge on any atom is 0.230 e. The molecule has 1 aliphatic rings. The third kappa shape index (κ3) is 2.17. The highest BCUT2D eigenvalue weighted by Crippen LogP contribution is 2.35. The van der Waals surface area contributed by atoms with Crippen LogP contribution in [0, 0.1) is 19.3 Å². The number of hydrogen-bond donors (Lipinski definition) is 0. The minimum absolute atomic E-state index is 0.0511. The quantitative estimate of drug-likeness (QED) is 0.585. The van der Waals surface area contributed by atoms with Gasteiger partial charge in [0.25, 0.3) is 0 Å². The third-order valence-corrected chi connectivity index (χ3v) is 4.94. The number of benzene rings is 1. The number of aromatic nitrogens is 1. The first kappa shape index (κ1) is 15.1. The van der Waals surface area contributed by atoms with E-state index >= 15 is 0 Å². The number of nitrogens with zero attached hydrogens (tertiary/aromatic N) is 1. The van der Waals surface area contributed by atoms with Gasteiger partial charge in [0, 0.05) is 12.0 Å². The van der Waals surface area contributed by atoms with Gasteiger partial charge in [-0.3, -0.25) is 9.59 Å². The summed E-state index contributed by atoms with van der Waals surface area (Å²) in [5.41, 5.74) is 4.03. The van der Waals surface area contributed by atoms with Crippen LogP contribution in [0.15, 0.2) is 27.4 Å². The molecule has 0 unspecified atom stereocenters. The SMILES string of the molecule is Cc1cc2oc3nc4c(cc3c(=O)c2cc1C)C(=O)CC(C)(C)C4. The zero-order valence-corrected chi connectivity index (χ0v) is 14.3. The molecule has 4 rings (SSSR count). The van der Waals surface area contributed by atoms with Gasteiger partial charge in [0.05, 0.1) is 16.5 Å². The minimum atomic E-state index is -0.123. The van der Waals surface area contributed by atoms with Crippen LogP contribution in [0.25, 0.3) is 22.1 Å². The summed E-state index contributed by atoms with van der Waals surface area (Å²) >= 11 is 0. The summed E-state index contributed by atoms with van der Waals surface area (Å²) in [4.78, 5) is 29.8. The van der Waals surface area contributed by atoms with Crippen LogP contribution in [0.5, 0.6) is 0 Å². The van der Waals surface area contributed by atoms with Crippen LogP contribution in [0.1, 0.15) is 47.4 Å². The Bertz CT molecular complexity index is 1090. The zero-order chi connectivity index (χ0) is 17.2. The molecule has 1 aromatic carbocycles. The Hall–Kier alpha value is -2.49. The molecule has 0 bridgehead atoms. The number of hydrogen-bond acceptors (Lipinski definition) is 4. The summed E-state index contributed by atoms with van der Waals surface area (Å²) < 4.78 is 5.91. The van der Waals surface area contributed by atoms with Crippen molar-refractivity contribution in [1.29, 1.82) is 0 Å². The molecule has 0 atom stereocenters. The van der Waals surface area contributed by atoms with Gasteiger partial charge in [-0.2, -0.15) is 0 Å². The molecule has 0 amide bonds. The summed E-state index contributed by atoms with van der Waals surface area (Å²) in [5, 5.41) is 0.925. The maximum absolute atomic E-state index is 12.9. The summed E-state index contributed by atoms with van der Waals surface area (Å²) in [6.45, 7) is 8.07. The Kier molecular flexibility index (Phi) is 2.99. The van der Waals surface area contributed by atoms with Crippen molar-refractivity contribution in [3.63, 3.8) is 0 Å². The minimum Gasteiger partial charge on any atom is -0.437 e. The molecule has 122 valence electrons. The van der Waals surface area contributed by atoms with E-state index in [4.69, 9.17) is 4.42 Å². The van der Waals surface area contributed by atoms with Gasteiger partial charge in [0.1, 0.15) is 5.58 Å². The molecule has 1 aliphatic carbocycles. The van der Waals surface area contributed by atoms with E-state index in [1.807, 2.05) is 26.0 Å². The number of fused-ring (bicyclic) bond motifs is 3. The van der Waals surface area contributed by atoms with Crippen molar-refractivity contribution in [2.45, 2.75) is 40.5 Å². The number of carbonyl (C=O) groups excluding carboxylic acids is 1. The van der Waals surface area contributed by atoms with E-state index in [0.717, 1.165) is 16.8 Å². The molecule has 3 aromatic rings. The first-order valence-electron chi connectivity index (χ1n) is 8.16.